The normalized spacial score (nSPS) is 23.9. The van der Waals surface area contributed by atoms with Crippen LogP contribution in [0.2, 0.25) is 0 Å². The highest BCUT2D eigenvalue weighted by Gasteiger charge is 2.31. The molecule has 0 aromatic heterocycles. The van der Waals surface area contributed by atoms with Crippen LogP contribution in [0.25, 0.3) is 0 Å². The standard InChI is InChI=1S/C53H69NO12/c1-37-21-17-15-13-11-9-7-5-4-6-8-10-12-14-16-18-26-47(53(64)65)50(62)34-46(59)33-44(57)24-19-22-42(55)32-43(56)23-20-25-45(58)35-51(63)66-52(37)39(3)31-38(2)48(60)36-49(61)40-27-29-41(54)30-28-40/h4-18,21,26-30,37-39,42,44,48,50,52,55,57,60,62H,19-20,22-25,31-36,54H2,1-3H3,(H,64,65). The molecule has 1 aliphatic rings. The number of esters is 1. The number of hydrogen-bond donors (Lipinski definition) is 6. The molecule has 13 heteroatoms. The summed E-state index contributed by atoms with van der Waals surface area (Å²) in [5.41, 5.74) is 6.34. The summed E-state index contributed by atoms with van der Waals surface area (Å²) < 4.78 is 5.94. The number of rotatable bonds is 8. The molecule has 1 heterocycles. The Morgan fingerprint density at radius 3 is 1.74 bits per heavy atom. The minimum atomic E-state index is -1.58. The van der Waals surface area contributed by atoms with Gasteiger partial charge in [-0.15, -0.1) is 0 Å². The number of carbonyl (C=O) groups is 6. The minimum Gasteiger partial charge on any atom is -0.478 e. The van der Waals surface area contributed by atoms with Crippen LogP contribution in [-0.4, -0.2) is 91.1 Å². The minimum absolute atomic E-state index is 0.00644. The molecule has 1 aromatic carbocycles. The van der Waals surface area contributed by atoms with Crippen molar-refractivity contribution >= 4 is 40.8 Å². The molecule has 1 aliphatic heterocycles. The maximum atomic E-state index is 13.2. The van der Waals surface area contributed by atoms with Crippen LogP contribution in [0.1, 0.15) is 108 Å². The van der Waals surface area contributed by atoms with Gasteiger partial charge in [0.05, 0.1) is 30.0 Å². The second-order valence-electron chi connectivity index (χ2n) is 16.8. The Balaban J connectivity index is 2.19. The predicted octanol–water partition coefficient (Wildman–Crippen LogP) is 7.58. The second kappa shape index (κ2) is 31.9. The van der Waals surface area contributed by atoms with Crippen molar-refractivity contribution in [3.05, 3.63) is 139 Å². The van der Waals surface area contributed by atoms with E-state index in [1.54, 1.807) is 54.6 Å². The van der Waals surface area contributed by atoms with Crippen molar-refractivity contribution in [3.63, 3.8) is 0 Å². The van der Waals surface area contributed by atoms with Crippen molar-refractivity contribution in [2.24, 2.45) is 17.8 Å². The summed E-state index contributed by atoms with van der Waals surface area (Å²) in [6, 6.07) is 6.49. The molecule has 0 aliphatic carbocycles. The number of cyclic esters (lactones) is 1. The molecule has 7 N–H and O–H groups in total. The molecule has 0 amide bonds. The van der Waals surface area contributed by atoms with Crippen molar-refractivity contribution in [2.45, 2.75) is 128 Å². The van der Waals surface area contributed by atoms with E-state index in [0.717, 1.165) is 0 Å². The number of hydrogen-bond acceptors (Lipinski definition) is 12. The fourth-order valence-electron chi connectivity index (χ4n) is 7.22. The van der Waals surface area contributed by atoms with Crippen molar-refractivity contribution in [1.29, 1.82) is 0 Å². The number of nitrogens with two attached hydrogens (primary N) is 1. The van der Waals surface area contributed by atoms with Gasteiger partial charge in [-0.25, -0.2) is 4.79 Å². The zero-order valence-corrected chi connectivity index (χ0v) is 38.4. The van der Waals surface area contributed by atoms with Crippen LogP contribution in [0.3, 0.4) is 0 Å². The molecule has 0 fully saturated rings. The van der Waals surface area contributed by atoms with Crippen LogP contribution in [-0.2, 0) is 28.7 Å². The molecule has 0 saturated carbocycles. The molecule has 0 bridgehead atoms. The SMILES string of the molecule is CC1C=CC=CC=CC=CC=CC=CC=CC=CC=C(C(=O)O)C(O)CC(=O)CC(O)CCCC(O)CC(=O)CCCC(=O)CC(=O)OC1C(C)CC(C)C(O)CC(=O)c1ccc(N)cc1. The zero-order valence-electron chi connectivity index (χ0n) is 38.4. The highest BCUT2D eigenvalue weighted by molar-refractivity contribution is 5.97. The fourth-order valence-corrected chi connectivity index (χ4v) is 7.22. The summed E-state index contributed by atoms with van der Waals surface area (Å²) in [5, 5.41) is 51.8. The van der Waals surface area contributed by atoms with Gasteiger partial charge < -0.3 is 36.0 Å². The first-order chi connectivity index (χ1) is 31.5. The van der Waals surface area contributed by atoms with Crippen molar-refractivity contribution in [1.82, 2.24) is 0 Å². The number of carboxylic acids is 1. The third-order valence-corrected chi connectivity index (χ3v) is 10.9. The van der Waals surface area contributed by atoms with Crippen molar-refractivity contribution in [3.8, 4) is 0 Å². The number of nitrogen functional groups attached to an aromatic ring is 1. The van der Waals surface area contributed by atoms with Crippen LogP contribution in [0.4, 0.5) is 5.69 Å². The summed E-state index contributed by atoms with van der Waals surface area (Å²) >= 11 is 0. The van der Waals surface area contributed by atoms with Gasteiger partial charge in [-0.1, -0.05) is 118 Å². The van der Waals surface area contributed by atoms with Gasteiger partial charge in [0.15, 0.2) is 5.78 Å². The average Bonchev–Trinajstić information content (AvgIpc) is 3.24. The van der Waals surface area contributed by atoms with Gasteiger partial charge in [-0.3, -0.25) is 24.0 Å². The van der Waals surface area contributed by atoms with E-state index in [1.807, 2.05) is 81.5 Å². The highest BCUT2D eigenvalue weighted by atomic mass is 16.5. The Hall–Kier alpha value is -5.86. The topological polar surface area (TPSA) is 239 Å². The lowest BCUT2D eigenvalue weighted by molar-refractivity contribution is -0.155. The molecule has 2 rings (SSSR count). The maximum Gasteiger partial charge on any atom is 0.334 e. The summed E-state index contributed by atoms with van der Waals surface area (Å²) in [7, 11) is 0. The smallest absolute Gasteiger partial charge is 0.334 e. The number of ketones is 4. The van der Waals surface area contributed by atoms with Gasteiger partial charge in [0.1, 0.15) is 29.9 Å². The number of allylic oxidation sites excluding steroid dienone is 16. The van der Waals surface area contributed by atoms with Crippen molar-refractivity contribution < 1.29 is 59.0 Å². The van der Waals surface area contributed by atoms with Crippen LogP contribution in [0.15, 0.2) is 133 Å². The number of aliphatic hydroxyl groups excluding tert-OH is 4. The first-order valence-corrected chi connectivity index (χ1v) is 22.6. The van der Waals surface area contributed by atoms with E-state index < -0.39 is 66.9 Å². The van der Waals surface area contributed by atoms with Gasteiger partial charge in [0.25, 0.3) is 0 Å². The Labute approximate surface area is 389 Å². The number of anilines is 1. The molecule has 66 heavy (non-hydrogen) atoms. The van der Waals surface area contributed by atoms with E-state index in [9.17, 15) is 54.3 Å². The average molecular weight is 912 g/mol. The molecule has 0 radical (unpaired) electrons. The van der Waals surface area contributed by atoms with Crippen LogP contribution < -0.4 is 5.73 Å². The predicted molar refractivity (Wildman–Crippen MR) is 256 cm³/mol. The molecule has 8 atom stereocenters. The zero-order chi connectivity index (χ0) is 48.9. The van der Waals surface area contributed by atoms with Crippen LogP contribution in [0, 0.1) is 17.8 Å². The number of aliphatic hydroxyl groups is 4. The Morgan fingerprint density at radius 1 is 0.697 bits per heavy atom. The van der Waals surface area contributed by atoms with Crippen molar-refractivity contribution in [2.75, 3.05) is 5.73 Å². The first-order valence-electron chi connectivity index (χ1n) is 22.6. The third-order valence-electron chi connectivity index (χ3n) is 10.9. The highest BCUT2D eigenvalue weighted by Crippen LogP contribution is 2.28. The van der Waals surface area contributed by atoms with E-state index in [1.165, 1.54) is 12.2 Å². The number of aliphatic carboxylic acids is 1. The van der Waals surface area contributed by atoms with Crippen LogP contribution >= 0.6 is 0 Å². The monoisotopic (exact) mass is 911 g/mol. The second-order valence-corrected chi connectivity index (χ2v) is 16.8. The molecule has 358 valence electrons. The first kappa shape index (κ1) is 56.3. The third kappa shape index (κ3) is 24.4. The van der Waals surface area contributed by atoms with Gasteiger partial charge >= 0.3 is 11.9 Å². The molecule has 8 unspecified atom stereocenters. The number of benzene rings is 1. The van der Waals surface area contributed by atoms with Gasteiger partial charge in [0.2, 0.25) is 0 Å². The van der Waals surface area contributed by atoms with Gasteiger partial charge in [-0.05, 0) is 74.3 Å². The Bertz CT molecular complexity index is 2000. The molecule has 1 aromatic rings. The Kier molecular flexibility index (Phi) is 27.2. The molecular weight excluding hydrogens is 843 g/mol. The fraction of sp³-hybridized carbons (Fsp3) is 0.434. The summed E-state index contributed by atoms with van der Waals surface area (Å²) in [6.07, 6.45) is 23.8. The van der Waals surface area contributed by atoms with Crippen LogP contribution in [0.5, 0.6) is 0 Å². The van der Waals surface area contributed by atoms with E-state index in [-0.39, 0.29) is 86.3 Å². The molecule has 0 spiro atoms. The number of ether oxygens (including phenoxy) is 1. The summed E-state index contributed by atoms with van der Waals surface area (Å²) in [5.74, 6) is -4.46. The number of carbonyl (C=O) groups excluding carboxylic acids is 5. The van der Waals surface area contributed by atoms with E-state index >= 15 is 0 Å². The lowest BCUT2D eigenvalue weighted by Crippen LogP contribution is -2.34. The van der Waals surface area contributed by atoms with Gasteiger partial charge in [0, 0.05) is 55.7 Å². The summed E-state index contributed by atoms with van der Waals surface area (Å²) in [6.45, 7) is 5.62. The summed E-state index contributed by atoms with van der Waals surface area (Å²) in [4.78, 5) is 75.7. The lowest BCUT2D eigenvalue weighted by atomic mass is 9.83. The lowest BCUT2D eigenvalue weighted by Gasteiger charge is -2.31. The quantitative estimate of drug-likeness (QED) is 0.0639. The molecule has 0 saturated heterocycles. The van der Waals surface area contributed by atoms with E-state index in [0.29, 0.717) is 24.1 Å². The van der Waals surface area contributed by atoms with E-state index in [2.05, 4.69) is 0 Å². The van der Waals surface area contributed by atoms with Gasteiger partial charge in [-0.2, -0.15) is 0 Å². The number of Topliss-reactive ketones (excluding diaryl/α,β-unsaturated/α-hetero) is 4. The van der Waals surface area contributed by atoms with E-state index in [4.69, 9.17) is 10.5 Å². The Morgan fingerprint density at radius 2 is 1.20 bits per heavy atom. The number of carboxylic acid groups (broad SMARTS) is 1. The largest absolute Gasteiger partial charge is 0.478 e. The molecular formula is C53H69NO12. The molecule has 13 nitrogen and oxygen atoms in total. The maximum absolute atomic E-state index is 13.2.